The average Bonchev–Trinajstić information content (AvgIpc) is 2.67. The summed E-state index contributed by atoms with van der Waals surface area (Å²) in [5, 5.41) is 9.29. The molecule has 0 aliphatic heterocycles. The minimum atomic E-state index is -1.01. The van der Waals surface area contributed by atoms with Gasteiger partial charge in [-0.15, -0.1) is 0 Å². The third-order valence-electron chi connectivity index (χ3n) is 3.87. The highest BCUT2D eigenvalue weighted by Crippen LogP contribution is 2.28. The van der Waals surface area contributed by atoms with Gasteiger partial charge in [0, 0.05) is 0 Å². The lowest BCUT2D eigenvalue weighted by Gasteiger charge is -2.10. The summed E-state index contributed by atoms with van der Waals surface area (Å²) in [4.78, 5) is 11.3. The molecular formula is C21H18O4. The Kier molecular flexibility index (Phi) is 5.00. The van der Waals surface area contributed by atoms with Crippen LogP contribution in [0.25, 0.3) is 11.1 Å². The topological polar surface area (TPSA) is 55.8 Å². The number of hydrogen-bond donors (Lipinski definition) is 1. The Morgan fingerprint density at radius 2 is 1.60 bits per heavy atom. The summed E-state index contributed by atoms with van der Waals surface area (Å²) < 4.78 is 10.9. The van der Waals surface area contributed by atoms with Gasteiger partial charge >= 0.3 is 5.97 Å². The lowest BCUT2D eigenvalue weighted by molar-refractivity contribution is 0.0693. The predicted octanol–water partition coefficient (Wildman–Crippen LogP) is 4.64. The van der Waals surface area contributed by atoms with E-state index >= 15 is 0 Å². The Labute approximate surface area is 146 Å². The SMILES string of the molecule is COc1ccc(-c2ccc(OCc3ccccc3)cc2)cc1C(=O)O. The van der Waals surface area contributed by atoms with Crippen LogP contribution in [0.5, 0.6) is 11.5 Å². The fraction of sp³-hybridized carbons (Fsp3) is 0.0952. The van der Waals surface area contributed by atoms with Crippen molar-refractivity contribution in [1.29, 1.82) is 0 Å². The molecule has 0 bridgehead atoms. The fourth-order valence-electron chi connectivity index (χ4n) is 2.54. The number of hydrogen-bond acceptors (Lipinski definition) is 3. The largest absolute Gasteiger partial charge is 0.496 e. The summed E-state index contributed by atoms with van der Waals surface area (Å²) in [7, 11) is 1.46. The van der Waals surface area contributed by atoms with Crippen molar-refractivity contribution in [2.24, 2.45) is 0 Å². The zero-order valence-electron chi connectivity index (χ0n) is 13.8. The van der Waals surface area contributed by atoms with Crippen molar-refractivity contribution < 1.29 is 19.4 Å². The summed E-state index contributed by atoms with van der Waals surface area (Å²) in [6, 6.07) is 22.6. The van der Waals surface area contributed by atoms with E-state index in [0.717, 1.165) is 22.4 Å². The van der Waals surface area contributed by atoms with E-state index in [1.807, 2.05) is 60.7 Å². The molecule has 0 unspecified atom stereocenters. The first-order valence-corrected chi connectivity index (χ1v) is 7.86. The second kappa shape index (κ2) is 7.53. The van der Waals surface area contributed by atoms with Gasteiger partial charge in [-0.1, -0.05) is 48.5 Å². The second-order valence-corrected chi connectivity index (χ2v) is 5.52. The molecule has 0 spiro atoms. The molecular weight excluding hydrogens is 316 g/mol. The first kappa shape index (κ1) is 16.6. The lowest BCUT2D eigenvalue weighted by Crippen LogP contribution is -2.00. The molecule has 0 fully saturated rings. The highest BCUT2D eigenvalue weighted by Gasteiger charge is 2.12. The number of carbonyl (C=O) groups is 1. The minimum Gasteiger partial charge on any atom is -0.496 e. The van der Waals surface area contributed by atoms with Crippen LogP contribution in [0.15, 0.2) is 72.8 Å². The molecule has 0 amide bonds. The van der Waals surface area contributed by atoms with Gasteiger partial charge in [-0.2, -0.15) is 0 Å². The third kappa shape index (κ3) is 3.98. The number of aromatic carboxylic acids is 1. The van der Waals surface area contributed by atoms with Gasteiger partial charge in [0.1, 0.15) is 23.7 Å². The number of methoxy groups -OCH3 is 1. The zero-order valence-corrected chi connectivity index (χ0v) is 13.8. The van der Waals surface area contributed by atoms with Crippen LogP contribution in [0.4, 0.5) is 0 Å². The normalized spacial score (nSPS) is 10.3. The number of ether oxygens (including phenoxy) is 2. The molecule has 126 valence electrons. The Balaban J connectivity index is 1.76. The van der Waals surface area contributed by atoms with Gasteiger partial charge in [-0.05, 0) is 41.0 Å². The molecule has 0 aliphatic carbocycles. The van der Waals surface area contributed by atoms with Gasteiger partial charge in [0.15, 0.2) is 0 Å². The van der Waals surface area contributed by atoms with E-state index in [1.54, 1.807) is 12.1 Å². The third-order valence-corrected chi connectivity index (χ3v) is 3.87. The van der Waals surface area contributed by atoms with Crippen molar-refractivity contribution in [2.75, 3.05) is 7.11 Å². The maximum absolute atomic E-state index is 11.3. The highest BCUT2D eigenvalue weighted by atomic mass is 16.5. The number of carboxylic acids is 1. The van der Waals surface area contributed by atoms with Crippen LogP contribution >= 0.6 is 0 Å². The van der Waals surface area contributed by atoms with E-state index < -0.39 is 5.97 Å². The van der Waals surface area contributed by atoms with Crippen molar-refractivity contribution in [3.8, 4) is 22.6 Å². The molecule has 3 aromatic carbocycles. The van der Waals surface area contributed by atoms with Crippen LogP contribution in [-0.2, 0) is 6.61 Å². The average molecular weight is 334 g/mol. The van der Waals surface area contributed by atoms with Gasteiger partial charge < -0.3 is 14.6 Å². The molecule has 0 aromatic heterocycles. The van der Waals surface area contributed by atoms with Crippen molar-refractivity contribution in [3.05, 3.63) is 83.9 Å². The van der Waals surface area contributed by atoms with E-state index in [-0.39, 0.29) is 5.56 Å². The van der Waals surface area contributed by atoms with E-state index in [1.165, 1.54) is 7.11 Å². The number of rotatable bonds is 6. The van der Waals surface area contributed by atoms with Gasteiger partial charge in [0.05, 0.1) is 7.11 Å². The molecule has 1 N–H and O–H groups in total. The van der Waals surface area contributed by atoms with E-state index in [0.29, 0.717) is 12.4 Å². The molecule has 25 heavy (non-hydrogen) atoms. The molecule has 3 aromatic rings. The van der Waals surface area contributed by atoms with Gasteiger partial charge in [-0.3, -0.25) is 0 Å². The van der Waals surface area contributed by atoms with Crippen molar-refractivity contribution in [2.45, 2.75) is 6.61 Å². The molecule has 0 atom stereocenters. The van der Waals surface area contributed by atoms with Gasteiger partial charge in [0.2, 0.25) is 0 Å². The maximum Gasteiger partial charge on any atom is 0.339 e. The van der Waals surface area contributed by atoms with Crippen molar-refractivity contribution in [3.63, 3.8) is 0 Å². The smallest absolute Gasteiger partial charge is 0.339 e. The summed E-state index contributed by atoms with van der Waals surface area (Å²) in [5.41, 5.74) is 2.97. The first-order chi connectivity index (χ1) is 12.2. The first-order valence-electron chi connectivity index (χ1n) is 7.86. The fourth-order valence-corrected chi connectivity index (χ4v) is 2.54. The monoisotopic (exact) mass is 334 g/mol. The Hall–Kier alpha value is -3.27. The minimum absolute atomic E-state index is 0.143. The molecule has 0 radical (unpaired) electrons. The van der Waals surface area contributed by atoms with E-state index in [9.17, 15) is 9.90 Å². The standard InChI is InChI=1S/C21H18O4/c1-24-20-12-9-17(13-19(20)21(22)23)16-7-10-18(11-8-16)25-14-15-5-3-2-4-6-15/h2-13H,14H2,1H3,(H,22,23). The highest BCUT2D eigenvalue weighted by molar-refractivity contribution is 5.92. The molecule has 0 heterocycles. The molecule has 4 heteroatoms. The van der Waals surface area contributed by atoms with Crippen LogP contribution in [0, 0.1) is 0 Å². The Bertz CT molecular complexity index is 855. The van der Waals surface area contributed by atoms with Crippen molar-refractivity contribution >= 4 is 5.97 Å². The molecule has 4 nitrogen and oxygen atoms in total. The van der Waals surface area contributed by atoms with Gasteiger partial charge in [0.25, 0.3) is 0 Å². The Morgan fingerprint density at radius 1 is 0.920 bits per heavy atom. The number of benzene rings is 3. The van der Waals surface area contributed by atoms with Crippen LogP contribution in [-0.4, -0.2) is 18.2 Å². The van der Waals surface area contributed by atoms with E-state index in [4.69, 9.17) is 9.47 Å². The van der Waals surface area contributed by atoms with Crippen LogP contribution in [0.1, 0.15) is 15.9 Å². The quantitative estimate of drug-likeness (QED) is 0.713. The number of carboxylic acid groups (broad SMARTS) is 1. The summed E-state index contributed by atoms with van der Waals surface area (Å²) in [5.74, 6) is 0.0974. The van der Waals surface area contributed by atoms with E-state index in [2.05, 4.69) is 0 Å². The molecule has 3 rings (SSSR count). The van der Waals surface area contributed by atoms with Gasteiger partial charge in [-0.25, -0.2) is 4.79 Å². The predicted molar refractivity (Wildman–Crippen MR) is 96.2 cm³/mol. The summed E-state index contributed by atoms with van der Waals surface area (Å²) in [6.45, 7) is 0.506. The van der Waals surface area contributed by atoms with Crippen LogP contribution in [0.2, 0.25) is 0 Å². The van der Waals surface area contributed by atoms with Crippen LogP contribution in [0.3, 0.4) is 0 Å². The lowest BCUT2D eigenvalue weighted by atomic mass is 10.0. The summed E-state index contributed by atoms with van der Waals surface area (Å²) in [6.07, 6.45) is 0. The second-order valence-electron chi connectivity index (χ2n) is 5.52. The zero-order chi connectivity index (χ0) is 17.6. The Morgan fingerprint density at radius 3 is 2.24 bits per heavy atom. The summed E-state index contributed by atoms with van der Waals surface area (Å²) >= 11 is 0. The maximum atomic E-state index is 11.3. The molecule has 0 aliphatic rings. The molecule has 0 saturated carbocycles. The van der Waals surface area contributed by atoms with Crippen molar-refractivity contribution in [1.82, 2.24) is 0 Å². The van der Waals surface area contributed by atoms with Crippen LogP contribution < -0.4 is 9.47 Å². The molecule has 0 saturated heterocycles.